The monoisotopic (exact) mass is 332 g/mol. The van der Waals surface area contributed by atoms with Crippen molar-refractivity contribution in [3.63, 3.8) is 0 Å². The van der Waals surface area contributed by atoms with Crippen molar-refractivity contribution in [2.75, 3.05) is 0 Å². The summed E-state index contributed by atoms with van der Waals surface area (Å²) < 4.78 is 0. The summed E-state index contributed by atoms with van der Waals surface area (Å²) in [5.41, 5.74) is 9.19. The maximum atomic E-state index is 2.30. The fourth-order valence-corrected chi connectivity index (χ4v) is 4.67. The highest BCUT2D eigenvalue weighted by molar-refractivity contribution is 5.86. The van der Waals surface area contributed by atoms with Gasteiger partial charge in [0.25, 0.3) is 0 Å². The minimum atomic E-state index is -0.264. The van der Waals surface area contributed by atoms with Gasteiger partial charge in [-0.3, -0.25) is 0 Å². The quantitative estimate of drug-likeness (QED) is 0.353. The Balaban J connectivity index is 2.00. The average Bonchev–Trinajstić information content (AvgIpc) is 3.01. The van der Waals surface area contributed by atoms with Crippen molar-refractivity contribution in [1.29, 1.82) is 0 Å². The van der Waals surface area contributed by atoms with E-state index in [4.69, 9.17) is 0 Å². The van der Waals surface area contributed by atoms with Crippen molar-refractivity contribution in [3.05, 3.63) is 131 Å². The number of benzene rings is 4. The fourth-order valence-electron chi connectivity index (χ4n) is 4.67. The van der Waals surface area contributed by atoms with Crippen LogP contribution < -0.4 is 0 Å². The molecule has 0 saturated carbocycles. The van der Waals surface area contributed by atoms with Crippen molar-refractivity contribution in [3.8, 4) is 11.1 Å². The highest BCUT2D eigenvalue weighted by Gasteiger charge is 2.46. The maximum Gasteiger partial charge on any atom is 0.0716 e. The van der Waals surface area contributed by atoms with Crippen molar-refractivity contribution in [1.82, 2.24) is 0 Å². The average molecular weight is 332 g/mol. The van der Waals surface area contributed by atoms with Crippen LogP contribution in [0.5, 0.6) is 0 Å². The summed E-state index contributed by atoms with van der Waals surface area (Å²) in [4.78, 5) is 0. The molecule has 26 heavy (non-hydrogen) atoms. The lowest BCUT2D eigenvalue weighted by Crippen LogP contribution is -2.29. The lowest BCUT2D eigenvalue weighted by molar-refractivity contribution is 0.761. The molecule has 4 aromatic carbocycles. The molecule has 0 fully saturated rings. The maximum absolute atomic E-state index is 2.30. The summed E-state index contributed by atoms with van der Waals surface area (Å²) in [5, 5.41) is 0. The second kappa shape index (κ2) is 5.71. The second-order valence-electron chi connectivity index (χ2n) is 7.02. The van der Waals surface area contributed by atoms with Gasteiger partial charge < -0.3 is 0 Å². The molecule has 0 aliphatic heterocycles. The molecule has 0 unspecified atom stereocenters. The van der Waals surface area contributed by atoms with Gasteiger partial charge in [0.15, 0.2) is 0 Å². The molecule has 0 atom stereocenters. The van der Waals surface area contributed by atoms with Crippen LogP contribution in [-0.4, -0.2) is 0 Å². The highest BCUT2D eigenvalue weighted by atomic mass is 14.5. The minimum Gasteiger partial charge on any atom is -0.0622 e. The third kappa shape index (κ3) is 1.90. The summed E-state index contributed by atoms with van der Waals surface area (Å²) >= 11 is 0. The minimum absolute atomic E-state index is 0.264. The van der Waals surface area contributed by atoms with Crippen LogP contribution in [0, 0.1) is 6.92 Å². The molecule has 0 saturated heterocycles. The van der Waals surface area contributed by atoms with E-state index in [9.17, 15) is 0 Å². The van der Waals surface area contributed by atoms with Crippen molar-refractivity contribution in [2.24, 2.45) is 0 Å². The zero-order valence-electron chi connectivity index (χ0n) is 14.8. The SMILES string of the molecule is Cc1ccccc1C1(c2ccccc2)c2ccccc2-c2ccccc21. The zero-order valence-corrected chi connectivity index (χ0v) is 14.8. The highest BCUT2D eigenvalue weighted by Crippen LogP contribution is 2.56. The molecule has 5 rings (SSSR count). The van der Waals surface area contributed by atoms with Crippen LogP contribution in [0.15, 0.2) is 103 Å². The lowest BCUT2D eigenvalue weighted by atomic mass is 9.66. The Hall–Kier alpha value is -3.12. The Labute approximate surface area is 154 Å². The predicted molar refractivity (Wildman–Crippen MR) is 108 cm³/mol. The summed E-state index contributed by atoms with van der Waals surface area (Å²) in [7, 11) is 0. The molecule has 0 N–H and O–H groups in total. The molecular formula is C26H20. The molecule has 0 amide bonds. The van der Waals surface area contributed by atoms with Gasteiger partial charge in [0, 0.05) is 0 Å². The standard InChI is InChI=1S/C26H20/c1-19-11-5-8-16-23(19)26(20-12-3-2-4-13-20)24-17-9-6-14-21(24)22-15-7-10-18-25(22)26/h2-18H,1H3. The first kappa shape index (κ1) is 15.2. The van der Waals surface area contributed by atoms with E-state index in [2.05, 4.69) is 110 Å². The van der Waals surface area contributed by atoms with Gasteiger partial charge in [0.1, 0.15) is 0 Å². The van der Waals surface area contributed by atoms with Gasteiger partial charge in [-0.2, -0.15) is 0 Å². The summed E-state index contributed by atoms with van der Waals surface area (Å²) in [5.74, 6) is 0. The molecule has 0 bridgehead atoms. The number of hydrogen-bond donors (Lipinski definition) is 0. The Bertz CT molecular complexity index is 1040. The van der Waals surface area contributed by atoms with Crippen LogP contribution in [0.25, 0.3) is 11.1 Å². The molecule has 0 heteroatoms. The number of rotatable bonds is 2. The second-order valence-corrected chi connectivity index (χ2v) is 7.02. The lowest BCUT2D eigenvalue weighted by Gasteiger charge is -2.35. The van der Waals surface area contributed by atoms with Crippen molar-refractivity contribution >= 4 is 0 Å². The summed E-state index contributed by atoms with van der Waals surface area (Å²) in [6.07, 6.45) is 0. The molecule has 0 spiro atoms. The first-order valence-corrected chi connectivity index (χ1v) is 9.14. The Morgan fingerprint density at radius 3 is 1.50 bits per heavy atom. The Morgan fingerprint density at radius 2 is 0.923 bits per heavy atom. The number of aryl methyl sites for hydroxylation is 1. The largest absolute Gasteiger partial charge is 0.0716 e. The van der Waals surface area contributed by atoms with E-state index in [1.807, 2.05) is 0 Å². The molecule has 4 aromatic rings. The van der Waals surface area contributed by atoms with Gasteiger partial charge in [-0.05, 0) is 45.9 Å². The number of hydrogen-bond acceptors (Lipinski definition) is 0. The molecule has 0 heterocycles. The molecular weight excluding hydrogens is 312 g/mol. The molecule has 0 aromatic heterocycles. The van der Waals surface area contributed by atoms with Crippen molar-refractivity contribution < 1.29 is 0 Å². The number of fused-ring (bicyclic) bond motifs is 3. The van der Waals surface area contributed by atoms with Crippen molar-refractivity contribution in [2.45, 2.75) is 12.3 Å². The van der Waals surface area contributed by atoms with E-state index in [1.54, 1.807) is 0 Å². The van der Waals surface area contributed by atoms with Crippen LogP contribution in [0.4, 0.5) is 0 Å². The normalized spacial score (nSPS) is 13.9. The van der Waals surface area contributed by atoms with E-state index in [-0.39, 0.29) is 5.41 Å². The fraction of sp³-hybridized carbons (Fsp3) is 0.0769. The third-order valence-corrected chi connectivity index (χ3v) is 5.71. The van der Waals surface area contributed by atoms with E-state index < -0.39 is 0 Å². The zero-order chi connectivity index (χ0) is 17.6. The predicted octanol–water partition coefficient (Wildman–Crippen LogP) is 6.36. The Morgan fingerprint density at radius 1 is 0.462 bits per heavy atom. The summed E-state index contributed by atoms with van der Waals surface area (Å²) in [6.45, 7) is 2.23. The third-order valence-electron chi connectivity index (χ3n) is 5.71. The van der Waals surface area contributed by atoms with Gasteiger partial charge in [0.2, 0.25) is 0 Å². The molecule has 0 radical (unpaired) electrons. The topological polar surface area (TPSA) is 0 Å². The molecule has 1 aliphatic rings. The van der Waals surface area contributed by atoms with Crippen LogP contribution in [-0.2, 0) is 5.41 Å². The van der Waals surface area contributed by atoms with E-state index in [1.165, 1.54) is 38.9 Å². The van der Waals surface area contributed by atoms with Crippen LogP contribution >= 0.6 is 0 Å². The van der Waals surface area contributed by atoms with Gasteiger partial charge in [-0.25, -0.2) is 0 Å². The van der Waals surface area contributed by atoms with Gasteiger partial charge in [-0.1, -0.05) is 103 Å². The smallest absolute Gasteiger partial charge is 0.0622 e. The molecule has 0 nitrogen and oxygen atoms in total. The van der Waals surface area contributed by atoms with E-state index in [0.717, 1.165) is 0 Å². The van der Waals surface area contributed by atoms with Gasteiger partial charge in [-0.15, -0.1) is 0 Å². The van der Waals surface area contributed by atoms with E-state index >= 15 is 0 Å². The Kier molecular flexibility index (Phi) is 3.33. The van der Waals surface area contributed by atoms with Crippen LogP contribution in [0.1, 0.15) is 27.8 Å². The van der Waals surface area contributed by atoms with Crippen LogP contribution in [0.3, 0.4) is 0 Å². The first-order chi connectivity index (χ1) is 12.8. The van der Waals surface area contributed by atoms with Gasteiger partial charge in [0.05, 0.1) is 5.41 Å². The first-order valence-electron chi connectivity index (χ1n) is 9.14. The van der Waals surface area contributed by atoms with E-state index in [0.29, 0.717) is 0 Å². The summed E-state index contributed by atoms with van der Waals surface area (Å²) in [6, 6.07) is 37.5. The molecule has 124 valence electrons. The van der Waals surface area contributed by atoms with Gasteiger partial charge >= 0.3 is 0 Å². The van der Waals surface area contributed by atoms with Crippen LogP contribution in [0.2, 0.25) is 0 Å². The molecule has 1 aliphatic carbocycles.